The molecule has 2 aliphatic rings. The molecule has 0 aliphatic carbocycles. The van der Waals surface area contributed by atoms with E-state index in [2.05, 4.69) is 27.2 Å². The molecule has 0 bridgehead atoms. The number of hydrogen-bond donors (Lipinski definition) is 1. The standard InChI is InChI=1S/C18H24N4O2S.ClH/c1-12-8-22(10-17(24-12)13-3-4-25-11-13)18(23)16-7-19-6-15(16)14-5-20-21(2)9-14;/h3-5,9,11-12,15-17,19H,6-8,10H2,1-2H3;1H/t12?,15-,16+,17?;/m1./s1. The summed E-state index contributed by atoms with van der Waals surface area (Å²) in [4.78, 5) is 15.3. The van der Waals surface area contributed by atoms with Crippen LogP contribution in [0.3, 0.4) is 0 Å². The first-order valence-electron chi connectivity index (χ1n) is 8.77. The van der Waals surface area contributed by atoms with Crippen molar-refractivity contribution in [3.63, 3.8) is 0 Å². The lowest BCUT2D eigenvalue weighted by Crippen LogP contribution is -2.49. The smallest absolute Gasteiger partial charge is 0.227 e. The second-order valence-electron chi connectivity index (χ2n) is 7.05. The Morgan fingerprint density at radius 3 is 2.88 bits per heavy atom. The van der Waals surface area contributed by atoms with E-state index in [4.69, 9.17) is 4.74 Å². The Kier molecular flexibility index (Phi) is 6.02. The van der Waals surface area contributed by atoms with Crippen molar-refractivity contribution in [3.05, 3.63) is 40.3 Å². The average molecular weight is 397 g/mol. The van der Waals surface area contributed by atoms with Gasteiger partial charge in [-0.05, 0) is 34.9 Å². The van der Waals surface area contributed by atoms with Gasteiger partial charge in [-0.25, -0.2) is 0 Å². The Hall–Kier alpha value is -1.41. The number of thiophene rings is 1. The van der Waals surface area contributed by atoms with E-state index >= 15 is 0 Å². The summed E-state index contributed by atoms with van der Waals surface area (Å²) in [6, 6.07) is 2.09. The molecule has 0 radical (unpaired) electrons. The minimum Gasteiger partial charge on any atom is -0.367 e. The number of amides is 1. The molecule has 2 fully saturated rings. The van der Waals surface area contributed by atoms with Crippen LogP contribution in [0.5, 0.6) is 0 Å². The summed E-state index contributed by atoms with van der Waals surface area (Å²) in [5.41, 5.74) is 2.31. The molecule has 4 rings (SSSR count). The predicted octanol–water partition coefficient (Wildman–Crippen LogP) is 2.20. The molecule has 1 amide bonds. The van der Waals surface area contributed by atoms with Gasteiger partial charge in [-0.1, -0.05) is 0 Å². The summed E-state index contributed by atoms with van der Waals surface area (Å²) in [6.07, 6.45) is 3.93. The zero-order chi connectivity index (χ0) is 17.4. The van der Waals surface area contributed by atoms with Crippen LogP contribution in [0.1, 0.15) is 30.1 Å². The van der Waals surface area contributed by atoms with Gasteiger partial charge in [0.05, 0.1) is 24.8 Å². The van der Waals surface area contributed by atoms with Crippen LogP contribution in [0.4, 0.5) is 0 Å². The Morgan fingerprint density at radius 2 is 2.19 bits per heavy atom. The first-order chi connectivity index (χ1) is 12.1. The number of nitrogens with one attached hydrogen (secondary N) is 1. The lowest BCUT2D eigenvalue weighted by Gasteiger charge is -2.38. The Bertz CT molecular complexity index is 735. The van der Waals surface area contributed by atoms with Crippen LogP contribution in [0.2, 0.25) is 0 Å². The molecule has 2 aromatic heterocycles. The highest BCUT2D eigenvalue weighted by Gasteiger charge is 2.39. The first-order valence-corrected chi connectivity index (χ1v) is 9.71. The number of carbonyl (C=O) groups excluding carboxylic acids is 1. The zero-order valence-electron chi connectivity index (χ0n) is 15.0. The summed E-state index contributed by atoms with van der Waals surface area (Å²) in [5, 5.41) is 11.8. The number of ether oxygens (including phenoxy) is 1. The van der Waals surface area contributed by atoms with Gasteiger partial charge < -0.3 is 15.0 Å². The molecule has 0 aromatic carbocycles. The highest BCUT2D eigenvalue weighted by atomic mass is 35.5. The lowest BCUT2D eigenvalue weighted by molar-refractivity contribution is -0.148. The van der Waals surface area contributed by atoms with Crippen LogP contribution < -0.4 is 5.32 Å². The number of aromatic nitrogens is 2. The van der Waals surface area contributed by atoms with Gasteiger partial charge in [0.2, 0.25) is 5.91 Å². The van der Waals surface area contributed by atoms with Crippen LogP contribution in [0.15, 0.2) is 29.2 Å². The Morgan fingerprint density at radius 1 is 1.35 bits per heavy atom. The van der Waals surface area contributed by atoms with Gasteiger partial charge in [-0.2, -0.15) is 16.4 Å². The third kappa shape index (κ3) is 3.81. The Balaban J connectivity index is 0.00000196. The number of aryl methyl sites for hydroxylation is 1. The van der Waals surface area contributed by atoms with E-state index in [1.807, 2.05) is 31.3 Å². The summed E-state index contributed by atoms with van der Waals surface area (Å²) >= 11 is 1.67. The predicted molar refractivity (Wildman–Crippen MR) is 104 cm³/mol. The number of hydrogen-bond acceptors (Lipinski definition) is 5. The van der Waals surface area contributed by atoms with E-state index in [0.717, 1.165) is 18.7 Å². The second kappa shape index (κ2) is 8.08. The molecule has 2 saturated heterocycles. The molecule has 2 unspecified atom stereocenters. The molecule has 0 saturated carbocycles. The fourth-order valence-electron chi connectivity index (χ4n) is 3.93. The van der Waals surface area contributed by atoms with Crippen LogP contribution in [-0.2, 0) is 16.6 Å². The zero-order valence-corrected chi connectivity index (χ0v) is 16.6. The normalized spacial score (nSPS) is 28.8. The van der Waals surface area contributed by atoms with Crippen molar-refractivity contribution in [3.8, 4) is 0 Å². The molecule has 142 valence electrons. The quantitative estimate of drug-likeness (QED) is 0.864. The molecule has 4 atom stereocenters. The Labute approximate surface area is 163 Å². The summed E-state index contributed by atoms with van der Waals surface area (Å²) < 4.78 is 7.88. The maximum Gasteiger partial charge on any atom is 0.227 e. The summed E-state index contributed by atoms with van der Waals surface area (Å²) in [5.74, 6) is 0.394. The SMILES string of the molecule is CC1CN(C(=O)[C@H]2CNC[C@@H]2c2cnn(C)c2)CC(c2ccsc2)O1.Cl. The van der Waals surface area contributed by atoms with E-state index in [-0.39, 0.29) is 42.4 Å². The van der Waals surface area contributed by atoms with Crippen molar-refractivity contribution in [1.82, 2.24) is 20.0 Å². The summed E-state index contributed by atoms with van der Waals surface area (Å²) in [6.45, 7) is 4.90. The maximum atomic E-state index is 13.3. The van der Waals surface area contributed by atoms with Gasteiger partial charge in [0.25, 0.3) is 0 Å². The van der Waals surface area contributed by atoms with Gasteiger partial charge >= 0.3 is 0 Å². The highest BCUT2D eigenvalue weighted by Crippen LogP contribution is 2.32. The molecule has 6 nitrogen and oxygen atoms in total. The van der Waals surface area contributed by atoms with Gasteiger partial charge in [0.1, 0.15) is 6.10 Å². The minimum atomic E-state index is -0.0300. The third-order valence-electron chi connectivity index (χ3n) is 5.17. The van der Waals surface area contributed by atoms with Crippen LogP contribution in [0, 0.1) is 5.92 Å². The summed E-state index contributed by atoms with van der Waals surface area (Å²) in [7, 11) is 1.91. The monoisotopic (exact) mass is 396 g/mol. The van der Waals surface area contributed by atoms with Gasteiger partial charge in [-0.3, -0.25) is 9.48 Å². The van der Waals surface area contributed by atoms with Crippen LogP contribution in [-0.4, -0.2) is 52.9 Å². The van der Waals surface area contributed by atoms with E-state index in [0.29, 0.717) is 13.1 Å². The number of halogens is 1. The van der Waals surface area contributed by atoms with Crippen LogP contribution in [0.25, 0.3) is 0 Å². The lowest BCUT2D eigenvalue weighted by atomic mass is 9.89. The average Bonchev–Trinajstić information content (AvgIpc) is 3.34. The molecule has 0 spiro atoms. The van der Waals surface area contributed by atoms with E-state index in [9.17, 15) is 4.79 Å². The van der Waals surface area contributed by atoms with Crippen molar-refractivity contribution in [2.45, 2.75) is 25.0 Å². The highest BCUT2D eigenvalue weighted by molar-refractivity contribution is 7.07. The number of rotatable bonds is 3. The molecule has 1 N–H and O–H groups in total. The van der Waals surface area contributed by atoms with Gasteiger partial charge in [-0.15, -0.1) is 12.4 Å². The number of nitrogens with zero attached hydrogens (tertiary/aromatic N) is 3. The van der Waals surface area contributed by atoms with Crippen molar-refractivity contribution >= 4 is 29.7 Å². The first kappa shape index (κ1) is 19.4. The minimum absolute atomic E-state index is 0. The molecule has 2 aliphatic heterocycles. The van der Waals surface area contributed by atoms with Crippen molar-refractivity contribution in [1.29, 1.82) is 0 Å². The van der Waals surface area contributed by atoms with Crippen molar-refractivity contribution < 1.29 is 9.53 Å². The van der Waals surface area contributed by atoms with Gasteiger partial charge in [0.15, 0.2) is 0 Å². The topological polar surface area (TPSA) is 59.4 Å². The largest absolute Gasteiger partial charge is 0.367 e. The van der Waals surface area contributed by atoms with Gasteiger partial charge in [0, 0.05) is 38.8 Å². The van der Waals surface area contributed by atoms with Crippen molar-refractivity contribution in [2.24, 2.45) is 13.0 Å². The molecule has 26 heavy (non-hydrogen) atoms. The number of carbonyl (C=O) groups is 1. The van der Waals surface area contributed by atoms with E-state index < -0.39 is 0 Å². The molecular formula is C18H25ClN4O2S. The maximum absolute atomic E-state index is 13.3. The van der Waals surface area contributed by atoms with Crippen LogP contribution >= 0.6 is 23.7 Å². The molecular weight excluding hydrogens is 372 g/mol. The second-order valence-corrected chi connectivity index (χ2v) is 7.83. The van der Waals surface area contributed by atoms with Crippen molar-refractivity contribution in [2.75, 3.05) is 26.2 Å². The fourth-order valence-corrected chi connectivity index (χ4v) is 4.63. The molecule has 8 heteroatoms. The molecule has 2 aromatic rings. The molecule has 4 heterocycles. The number of morpholine rings is 1. The fraction of sp³-hybridized carbons (Fsp3) is 0.556. The van der Waals surface area contributed by atoms with E-state index in [1.165, 1.54) is 5.56 Å². The third-order valence-corrected chi connectivity index (χ3v) is 5.87. The van der Waals surface area contributed by atoms with E-state index in [1.54, 1.807) is 16.0 Å².